The van der Waals surface area contributed by atoms with E-state index in [0.29, 0.717) is 32.4 Å². The summed E-state index contributed by atoms with van der Waals surface area (Å²) in [7, 11) is 1.69. The fraction of sp³-hybridized carbons (Fsp3) is 0.600. The van der Waals surface area contributed by atoms with Gasteiger partial charge in [-0.05, 0) is 132 Å². The van der Waals surface area contributed by atoms with Crippen molar-refractivity contribution in [1.82, 2.24) is 36.4 Å². The minimum Gasteiger partial charge on any atom is -0.347 e. The molecule has 2 aromatic rings. The van der Waals surface area contributed by atoms with Gasteiger partial charge in [0.15, 0.2) is 0 Å². The molecular weight excluding hydrogens is 735 g/mol. The van der Waals surface area contributed by atoms with Crippen molar-refractivity contribution in [2.75, 3.05) is 20.1 Å². The number of benzene rings is 2. The Kier molecular flexibility index (Phi) is 13.9. The highest BCUT2D eigenvalue weighted by Gasteiger charge is 2.40. The van der Waals surface area contributed by atoms with Crippen LogP contribution in [0.4, 0.5) is 0 Å². The Balaban J connectivity index is 1.16. The van der Waals surface area contributed by atoms with Crippen molar-refractivity contribution in [3.8, 4) is 11.1 Å². The molecule has 2 fully saturated rings. The summed E-state index contributed by atoms with van der Waals surface area (Å²) in [5.74, 6) is -1.42. The summed E-state index contributed by atoms with van der Waals surface area (Å²) in [5, 5.41) is 15.1. The quantitative estimate of drug-likeness (QED) is 0.204. The molecule has 2 aliphatic carbocycles. The van der Waals surface area contributed by atoms with E-state index in [2.05, 4.69) is 63.0 Å². The van der Waals surface area contributed by atoms with E-state index in [0.717, 1.165) is 73.6 Å². The number of nitrogens with one attached hydrogen (secondary N) is 5. The first-order valence-electron chi connectivity index (χ1n) is 21.6. The highest BCUT2D eigenvalue weighted by molar-refractivity contribution is 5.94. The number of hydrogen-bond acceptors (Lipinski definition) is 7. The summed E-state index contributed by atoms with van der Waals surface area (Å²) in [5.41, 5.74) is 6.89. The molecule has 0 aromatic heterocycles. The van der Waals surface area contributed by atoms with E-state index in [1.807, 2.05) is 13.8 Å². The number of nitrogens with zero attached hydrogens (tertiary/aromatic N) is 2. The highest BCUT2D eigenvalue weighted by atomic mass is 16.2. The molecule has 0 bridgehead atoms. The summed E-state index contributed by atoms with van der Waals surface area (Å²) in [4.78, 5) is 82.9. The normalized spacial score (nSPS) is 23.4. The lowest BCUT2D eigenvalue weighted by molar-refractivity contribution is -0.141. The number of likely N-dealkylation sites (tertiary alicyclic amines) is 2. The van der Waals surface area contributed by atoms with Gasteiger partial charge in [-0.1, -0.05) is 50.2 Å². The van der Waals surface area contributed by atoms with Crippen LogP contribution >= 0.6 is 0 Å². The van der Waals surface area contributed by atoms with Crippen LogP contribution in [0.1, 0.15) is 127 Å². The molecule has 0 spiro atoms. The van der Waals surface area contributed by atoms with Gasteiger partial charge in [-0.25, -0.2) is 0 Å². The molecular formula is C45H63N7O6. The highest BCUT2D eigenvalue weighted by Crippen LogP contribution is 2.42. The minimum absolute atomic E-state index is 0.156. The van der Waals surface area contributed by atoms with Crippen LogP contribution < -0.4 is 26.6 Å². The summed E-state index contributed by atoms with van der Waals surface area (Å²) in [6, 6.07) is 9.18. The van der Waals surface area contributed by atoms with Gasteiger partial charge in [-0.15, -0.1) is 0 Å². The zero-order valence-corrected chi connectivity index (χ0v) is 35.1. The largest absolute Gasteiger partial charge is 0.347 e. The second-order valence-corrected chi connectivity index (χ2v) is 16.8. The first-order chi connectivity index (χ1) is 27.8. The number of carbonyl (C=O) groups is 6. The number of fused-ring (bicyclic) bond motifs is 2. The van der Waals surface area contributed by atoms with Crippen molar-refractivity contribution >= 4 is 35.4 Å². The van der Waals surface area contributed by atoms with Crippen molar-refractivity contribution in [1.29, 1.82) is 0 Å². The van der Waals surface area contributed by atoms with Gasteiger partial charge >= 0.3 is 0 Å². The minimum atomic E-state index is -0.746. The SMILES string of the molecule is CC[C@@H](C)C(=O)N[C@@H](C)C(=O)N1CCC[C@H]1C(=O)N[C@@H]1CCCc2c(-c3cccc4c3CCC[C@H]4NC(=O)[C@@H]3CCCN3C(=O)[C@H](C)NC(=O)[C@H](C)NC)cccc21. The Hall–Kier alpha value is -4.78. The van der Waals surface area contributed by atoms with Gasteiger partial charge in [0.1, 0.15) is 24.2 Å². The molecule has 0 saturated carbocycles. The van der Waals surface area contributed by atoms with E-state index in [1.54, 1.807) is 37.6 Å². The first kappa shape index (κ1) is 42.8. The van der Waals surface area contributed by atoms with Gasteiger partial charge in [0.2, 0.25) is 35.4 Å². The maximum Gasteiger partial charge on any atom is 0.245 e. The van der Waals surface area contributed by atoms with Gasteiger partial charge in [0, 0.05) is 19.0 Å². The predicted molar refractivity (Wildman–Crippen MR) is 222 cm³/mol. The zero-order chi connectivity index (χ0) is 41.7. The monoisotopic (exact) mass is 797 g/mol. The molecule has 4 aliphatic rings. The van der Waals surface area contributed by atoms with Gasteiger partial charge in [0.05, 0.1) is 18.1 Å². The van der Waals surface area contributed by atoms with Crippen LogP contribution in [0.2, 0.25) is 0 Å². The predicted octanol–water partition coefficient (Wildman–Crippen LogP) is 3.99. The Bertz CT molecular complexity index is 1750. The molecule has 13 nitrogen and oxygen atoms in total. The zero-order valence-electron chi connectivity index (χ0n) is 35.1. The Morgan fingerprint density at radius 2 is 1.07 bits per heavy atom. The standard InChI is InChI=1S/C45H63N7O6/c1-7-26(2)40(53)47-28(4)44(57)51-24-12-22-38(51)42(55)49-36-20-10-16-32-30(14-8-18-34(32)36)31-15-9-19-35-33(31)17-11-21-37(35)50-43(56)39-23-13-25-52(39)45(58)29(5)48-41(54)27(3)46-6/h8-9,14-15,18-19,26-29,36-39,46H,7,10-13,16-17,20-25H2,1-6H3,(H,47,53)(H,48,54)(H,49,55)(H,50,56)/t26-,27+,28+,29+,36-,37-,38+,39+/m1/s1. The van der Waals surface area contributed by atoms with Crippen LogP contribution in [0.15, 0.2) is 36.4 Å². The number of rotatable bonds is 13. The molecule has 5 N–H and O–H groups in total. The Morgan fingerprint density at radius 1 is 0.621 bits per heavy atom. The van der Waals surface area contributed by atoms with E-state index < -0.39 is 30.2 Å². The molecule has 6 amide bonds. The number of carbonyl (C=O) groups excluding carboxylic acids is 6. The average molecular weight is 798 g/mol. The fourth-order valence-electron chi connectivity index (χ4n) is 9.28. The van der Waals surface area contributed by atoms with Crippen LogP contribution in [-0.2, 0) is 41.6 Å². The number of amides is 6. The molecule has 0 radical (unpaired) electrons. The summed E-state index contributed by atoms with van der Waals surface area (Å²) < 4.78 is 0. The van der Waals surface area contributed by atoms with E-state index in [4.69, 9.17) is 0 Å². The third-order valence-electron chi connectivity index (χ3n) is 13.0. The van der Waals surface area contributed by atoms with Gasteiger partial charge in [-0.3, -0.25) is 28.8 Å². The maximum atomic E-state index is 13.9. The van der Waals surface area contributed by atoms with E-state index in [1.165, 1.54) is 11.1 Å². The number of hydrogen-bond donors (Lipinski definition) is 5. The molecule has 2 aliphatic heterocycles. The first-order valence-corrected chi connectivity index (χ1v) is 21.6. The lowest BCUT2D eigenvalue weighted by atomic mass is 9.78. The average Bonchev–Trinajstić information content (AvgIpc) is 3.93. The van der Waals surface area contributed by atoms with E-state index in [-0.39, 0.29) is 53.4 Å². The topological polar surface area (TPSA) is 169 Å². The second-order valence-electron chi connectivity index (χ2n) is 16.8. The van der Waals surface area contributed by atoms with Crippen LogP contribution in [0, 0.1) is 5.92 Å². The molecule has 8 atom stereocenters. The third kappa shape index (κ3) is 9.09. The lowest BCUT2D eigenvalue weighted by Gasteiger charge is -2.33. The van der Waals surface area contributed by atoms with Crippen molar-refractivity contribution in [2.24, 2.45) is 5.92 Å². The third-order valence-corrected chi connectivity index (χ3v) is 13.0. The van der Waals surface area contributed by atoms with Gasteiger partial charge < -0.3 is 36.4 Å². The molecule has 58 heavy (non-hydrogen) atoms. The molecule has 6 rings (SSSR count). The Morgan fingerprint density at radius 3 is 1.50 bits per heavy atom. The van der Waals surface area contributed by atoms with Crippen molar-refractivity contribution < 1.29 is 28.8 Å². The van der Waals surface area contributed by atoms with Crippen molar-refractivity contribution in [3.05, 3.63) is 58.7 Å². The van der Waals surface area contributed by atoms with Crippen LogP contribution in [0.25, 0.3) is 11.1 Å². The molecule has 13 heteroatoms. The number of likely N-dealkylation sites (N-methyl/N-ethyl adjacent to an activating group) is 1. The molecule has 2 aromatic carbocycles. The smallest absolute Gasteiger partial charge is 0.245 e. The molecule has 2 heterocycles. The fourth-order valence-corrected chi connectivity index (χ4v) is 9.28. The Labute approximate surface area is 343 Å². The van der Waals surface area contributed by atoms with Crippen molar-refractivity contribution in [3.63, 3.8) is 0 Å². The van der Waals surface area contributed by atoms with Gasteiger partial charge in [0.25, 0.3) is 0 Å². The van der Waals surface area contributed by atoms with Gasteiger partial charge in [-0.2, -0.15) is 0 Å². The van der Waals surface area contributed by atoms with E-state index in [9.17, 15) is 28.8 Å². The summed E-state index contributed by atoms with van der Waals surface area (Å²) in [6.45, 7) is 9.82. The molecule has 314 valence electrons. The van der Waals surface area contributed by atoms with Crippen LogP contribution in [-0.4, -0.2) is 95.6 Å². The molecule has 0 unspecified atom stereocenters. The van der Waals surface area contributed by atoms with Crippen LogP contribution in [0.3, 0.4) is 0 Å². The van der Waals surface area contributed by atoms with Crippen molar-refractivity contribution in [2.45, 2.75) is 148 Å². The van der Waals surface area contributed by atoms with E-state index >= 15 is 0 Å². The summed E-state index contributed by atoms with van der Waals surface area (Å²) >= 11 is 0. The maximum absolute atomic E-state index is 13.9. The summed E-state index contributed by atoms with van der Waals surface area (Å²) in [6.07, 6.45) is 8.44. The molecule has 2 saturated heterocycles. The lowest BCUT2D eigenvalue weighted by Crippen LogP contribution is -2.54. The second kappa shape index (κ2) is 18.9. The van der Waals surface area contributed by atoms with Crippen LogP contribution in [0.5, 0.6) is 0 Å².